The molecular formula is C15H23N3O2. The molecule has 0 aromatic carbocycles. The summed E-state index contributed by atoms with van der Waals surface area (Å²) in [4.78, 5) is 15.4. The largest absolute Gasteiger partial charge is 0.464 e. The predicted molar refractivity (Wildman–Crippen MR) is 79.8 cm³/mol. The Hall–Kier alpha value is -1.91. The van der Waals surface area contributed by atoms with E-state index in [4.69, 9.17) is 0 Å². The van der Waals surface area contributed by atoms with Gasteiger partial charge in [-0.3, -0.25) is 4.98 Å². The Morgan fingerprint density at radius 1 is 1.35 bits per heavy atom. The van der Waals surface area contributed by atoms with E-state index in [0.29, 0.717) is 12.3 Å². The topological polar surface area (TPSA) is 65.8 Å². The van der Waals surface area contributed by atoms with Crippen LogP contribution in [0.5, 0.6) is 0 Å². The number of carboxylic acid groups (broad SMARTS) is 1. The van der Waals surface area contributed by atoms with E-state index in [9.17, 15) is 9.90 Å². The van der Waals surface area contributed by atoms with E-state index in [-0.39, 0.29) is 0 Å². The standard InChI is InChI=1S/C15H23N3O2/c1-11(2)10-13(12-6-8-16-9-7-12)17-18(14(19)20)15(3,4)5/h6-9,11H,10H2,1-5H3,(H,19,20)/b17-13+. The van der Waals surface area contributed by atoms with Gasteiger partial charge in [0.05, 0.1) is 11.3 Å². The first kappa shape index (κ1) is 16.1. The van der Waals surface area contributed by atoms with Crippen LogP contribution in [0.2, 0.25) is 0 Å². The van der Waals surface area contributed by atoms with Gasteiger partial charge < -0.3 is 5.11 Å². The van der Waals surface area contributed by atoms with Crippen molar-refractivity contribution in [2.75, 3.05) is 0 Å². The molecule has 1 aromatic rings. The van der Waals surface area contributed by atoms with Crippen LogP contribution in [-0.2, 0) is 0 Å². The van der Waals surface area contributed by atoms with E-state index < -0.39 is 11.6 Å². The van der Waals surface area contributed by atoms with Gasteiger partial charge in [0.1, 0.15) is 0 Å². The summed E-state index contributed by atoms with van der Waals surface area (Å²) in [5.41, 5.74) is 1.09. The lowest BCUT2D eigenvalue weighted by Gasteiger charge is -2.29. The van der Waals surface area contributed by atoms with E-state index in [1.165, 1.54) is 0 Å². The van der Waals surface area contributed by atoms with Crippen molar-refractivity contribution in [1.82, 2.24) is 9.99 Å². The Labute approximate surface area is 120 Å². The van der Waals surface area contributed by atoms with Gasteiger partial charge in [0.2, 0.25) is 0 Å². The van der Waals surface area contributed by atoms with Gasteiger partial charge in [0.25, 0.3) is 0 Å². The second kappa shape index (κ2) is 6.50. The molecule has 0 saturated carbocycles. The van der Waals surface area contributed by atoms with Crippen LogP contribution < -0.4 is 0 Å². The summed E-state index contributed by atoms with van der Waals surface area (Å²) >= 11 is 0. The molecule has 0 fully saturated rings. The maximum atomic E-state index is 11.4. The second-order valence-corrected chi connectivity index (χ2v) is 6.15. The first-order valence-electron chi connectivity index (χ1n) is 6.73. The van der Waals surface area contributed by atoms with Crippen LogP contribution in [0.1, 0.15) is 46.6 Å². The predicted octanol–water partition coefficient (Wildman–Crippen LogP) is 3.61. The highest BCUT2D eigenvalue weighted by atomic mass is 16.4. The Balaban J connectivity index is 3.22. The van der Waals surface area contributed by atoms with Crippen LogP contribution in [0.15, 0.2) is 29.6 Å². The zero-order valence-electron chi connectivity index (χ0n) is 12.8. The minimum atomic E-state index is -1.05. The maximum Gasteiger partial charge on any atom is 0.428 e. The van der Waals surface area contributed by atoms with Gasteiger partial charge in [-0.05, 0) is 45.2 Å². The molecule has 0 spiro atoms. The van der Waals surface area contributed by atoms with E-state index in [1.807, 2.05) is 32.9 Å². The first-order chi connectivity index (χ1) is 9.21. The van der Waals surface area contributed by atoms with Crippen LogP contribution in [0.25, 0.3) is 0 Å². The molecule has 1 N–H and O–H groups in total. The molecular weight excluding hydrogens is 254 g/mol. The number of rotatable bonds is 4. The lowest BCUT2D eigenvalue weighted by Crippen LogP contribution is -2.41. The summed E-state index contributed by atoms with van der Waals surface area (Å²) in [5.74, 6) is 0.387. The minimum absolute atomic E-state index is 0.387. The average Bonchev–Trinajstić information content (AvgIpc) is 2.33. The highest BCUT2D eigenvalue weighted by Gasteiger charge is 2.27. The van der Waals surface area contributed by atoms with Crippen molar-refractivity contribution < 1.29 is 9.90 Å². The quantitative estimate of drug-likeness (QED) is 0.675. The number of aromatic nitrogens is 1. The Kier molecular flexibility index (Phi) is 5.25. The Bertz CT molecular complexity index is 476. The highest BCUT2D eigenvalue weighted by Crippen LogP contribution is 2.18. The third-order valence-electron chi connectivity index (χ3n) is 2.65. The molecule has 0 aliphatic carbocycles. The lowest BCUT2D eigenvalue weighted by atomic mass is 10.0. The van der Waals surface area contributed by atoms with Crippen LogP contribution in [-0.4, -0.2) is 32.4 Å². The number of pyridine rings is 1. The van der Waals surface area contributed by atoms with Crippen LogP contribution in [0, 0.1) is 5.92 Å². The minimum Gasteiger partial charge on any atom is -0.464 e. The fourth-order valence-electron chi connectivity index (χ4n) is 1.75. The number of amides is 1. The molecule has 1 amide bonds. The molecule has 0 unspecified atom stereocenters. The normalized spacial score (nSPS) is 12.6. The molecule has 1 rings (SSSR count). The molecule has 5 nitrogen and oxygen atoms in total. The summed E-state index contributed by atoms with van der Waals surface area (Å²) < 4.78 is 0. The van der Waals surface area contributed by atoms with Crippen molar-refractivity contribution in [1.29, 1.82) is 0 Å². The van der Waals surface area contributed by atoms with Gasteiger partial charge in [0.15, 0.2) is 0 Å². The number of hydrogen-bond donors (Lipinski definition) is 1. The molecule has 0 atom stereocenters. The lowest BCUT2D eigenvalue weighted by molar-refractivity contribution is 0.103. The Morgan fingerprint density at radius 2 is 1.90 bits per heavy atom. The Morgan fingerprint density at radius 3 is 2.30 bits per heavy atom. The van der Waals surface area contributed by atoms with Crippen molar-refractivity contribution in [3.8, 4) is 0 Å². The highest BCUT2D eigenvalue weighted by molar-refractivity contribution is 6.00. The monoisotopic (exact) mass is 277 g/mol. The van der Waals surface area contributed by atoms with Gasteiger partial charge in [-0.2, -0.15) is 10.1 Å². The molecule has 0 aliphatic rings. The summed E-state index contributed by atoms with van der Waals surface area (Å²) in [6.07, 6.45) is 3.04. The summed E-state index contributed by atoms with van der Waals surface area (Å²) in [6.45, 7) is 9.64. The SMILES string of the molecule is CC(C)C/C(=N\N(C(=O)O)C(C)(C)C)c1ccncc1. The van der Waals surface area contributed by atoms with Gasteiger partial charge in [-0.15, -0.1) is 0 Å². The van der Waals surface area contributed by atoms with Crippen molar-refractivity contribution in [3.05, 3.63) is 30.1 Å². The van der Waals surface area contributed by atoms with E-state index in [2.05, 4.69) is 23.9 Å². The summed E-state index contributed by atoms with van der Waals surface area (Å²) in [6, 6.07) is 3.70. The molecule has 1 heterocycles. The molecule has 0 saturated heterocycles. The molecule has 0 radical (unpaired) electrons. The van der Waals surface area contributed by atoms with Crippen molar-refractivity contribution in [3.63, 3.8) is 0 Å². The summed E-state index contributed by atoms with van der Waals surface area (Å²) in [5, 5.41) is 14.8. The fourth-order valence-corrected chi connectivity index (χ4v) is 1.75. The molecule has 0 aliphatic heterocycles. The molecule has 0 bridgehead atoms. The first-order valence-corrected chi connectivity index (χ1v) is 6.73. The van der Waals surface area contributed by atoms with E-state index >= 15 is 0 Å². The van der Waals surface area contributed by atoms with Crippen LogP contribution in [0.4, 0.5) is 4.79 Å². The van der Waals surface area contributed by atoms with Gasteiger partial charge in [-0.25, -0.2) is 4.79 Å². The van der Waals surface area contributed by atoms with Crippen molar-refractivity contribution in [2.45, 2.75) is 46.6 Å². The number of carbonyl (C=O) groups is 1. The van der Waals surface area contributed by atoms with Gasteiger partial charge >= 0.3 is 6.09 Å². The average molecular weight is 277 g/mol. The van der Waals surface area contributed by atoms with Gasteiger partial charge in [-0.1, -0.05) is 13.8 Å². The van der Waals surface area contributed by atoms with Crippen LogP contribution >= 0.6 is 0 Å². The van der Waals surface area contributed by atoms with Crippen molar-refractivity contribution >= 4 is 11.8 Å². The van der Waals surface area contributed by atoms with Crippen molar-refractivity contribution in [2.24, 2.45) is 11.0 Å². The van der Waals surface area contributed by atoms with Crippen LogP contribution in [0.3, 0.4) is 0 Å². The van der Waals surface area contributed by atoms with Gasteiger partial charge in [0, 0.05) is 18.0 Å². The number of hydrogen-bond acceptors (Lipinski definition) is 3. The zero-order valence-corrected chi connectivity index (χ0v) is 12.8. The number of hydrazone groups is 1. The number of nitrogens with zero attached hydrogens (tertiary/aromatic N) is 3. The second-order valence-electron chi connectivity index (χ2n) is 6.15. The van der Waals surface area contributed by atoms with E-state index in [0.717, 1.165) is 16.3 Å². The molecule has 5 heteroatoms. The molecule has 1 aromatic heterocycles. The third-order valence-corrected chi connectivity index (χ3v) is 2.65. The van der Waals surface area contributed by atoms with E-state index in [1.54, 1.807) is 12.4 Å². The third kappa shape index (κ3) is 4.64. The molecule has 110 valence electrons. The summed E-state index contributed by atoms with van der Waals surface area (Å²) in [7, 11) is 0. The maximum absolute atomic E-state index is 11.4. The fraction of sp³-hybridized carbons (Fsp3) is 0.533. The molecule has 20 heavy (non-hydrogen) atoms. The smallest absolute Gasteiger partial charge is 0.428 e. The zero-order chi connectivity index (χ0) is 15.3.